The Morgan fingerprint density at radius 2 is 2.12 bits per heavy atom. The molecule has 1 saturated heterocycles. The Morgan fingerprint density at radius 3 is 2.75 bits per heavy atom. The van der Waals surface area contributed by atoms with Crippen molar-refractivity contribution in [3.63, 3.8) is 0 Å². The van der Waals surface area contributed by atoms with Crippen LogP contribution in [0, 0.1) is 5.92 Å². The molecule has 16 heavy (non-hydrogen) atoms. The number of ether oxygens (including phenoxy) is 1. The molecule has 3 nitrogen and oxygen atoms in total. The summed E-state index contributed by atoms with van der Waals surface area (Å²) in [6.45, 7) is 4.14. The number of unbranched alkanes of at least 4 members (excludes halogenated alkanes) is 4. The Balaban J connectivity index is 2.01. The number of hydrogen-bond acceptors (Lipinski definition) is 3. The Bertz CT molecular complexity index is 158. The highest BCUT2D eigenvalue weighted by molar-refractivity contribution is 4.72. The summed E-state index contributed by atoms with van der Waals surface area (Å²) in [6.07, 6.45) is 10.3. The second kappa shape index (κ2) is 8.97. The molecular formula is C13H28N2O. The summed E-state index contributed by atoms with van der Waals surface area (Å²) in [6, 6.07) is 0.494. The molecule has 0 bridgehead atoms. The first-order valence-electron chi connectivity index (χ1n) is 6.90. The van der Waals surface area contributed by atoms with E-state index < -0.39 is 0 Å². The van der Waals surface area contributed by atoms with Crippen LogP contribution in [-0.2, 0) is 4.74 Å². The lowest BCUT2D eigenvalue weighted by molar-refractivity contribution is 0.180. The zero-order valence-corrected chi connectivity index (χ0v) is 10.7. The fourth-order valence-corrected chi connectivity index (χ4v) is 2.44. The monoisotopic (exact) mass is 228 g/mol. The Hall–Kier alpha value is -0.120. The van der Waals surface area contributed by atoms with Crippen LogP contribution >= 0.6 is 0 Å². The van der Waals surface area contributed by atoms with Crippen LogP contribution in [0.5, 0.6) is 0 Å². The quantitative estimate of drug-likeness (QED) is 0.362. The van der Waals surface area contributed by atoms with Crippen LogP contribution in [0.2, 0.25) is 0 Å². The molecule has 2 atom stereocenters. The maximum atomic E-state index is 5.60. The third-order valence-corrected chi connectivity index (χ3v) is 3.53. The minimum absolute atomic E-state index is 0.494. The third-order valence-electron chi connectivity index (χ3n) is 3.53. The minimum atomic E-state index is 0.494. The third kappa shape index (κ3) is 5.83. The van der Waals surface area contributed by atoms with Crippen LogP contribution in [-0.4, -0.2) is 19.3 Å². The highest BCUT2D eigenvalue weighted by Crippen LogP contribution is 2.20. The number of hydrazine groups is 1. The summed E-state index contributed by atoms with van der Waals surface area (Å²) in [5.41, 5.74) is 2.96. The SMILES string of the molecule is CCCCCCCC(CC1CCOC1)NN. The molecule has 1 aliphatic rings. The van der Waals surface area contributed by atoms with Crippen LogP contribution in [0.1, 0.15) is 58.3 Å². The zero-order valence-electron chi connectivity index (χ0n) is 10.7. The van der Waals surface area contributed by atoms with Crippen molar-refractivity contribution in [2.75, 3.05) is 13.2 Å². The maximum Gasteiger partial charge on any atom is 0.0495 e. The maximum absolute atomic E-state index is 5.60. The molecule has 96 valence electrons. The standard InChI is InChI=1S/C13H28N2O/c1-2-3-4-5-6-7-13(15-14)10-12-8-9-16-11-12/h12-13,15H,2-11,14H2,1H3. The van der Waals surface area contributed by atoms with E-state index in [0.717, 1.165) is 19.1 Å². The van der Waals surface area contributed by atoms with Gasteiger partial charge in [0.1, 0.15) is 0 Å². The number of hydrogen-bond donors (Lipinski definition) is 2. The first-order valence-corrected chi connectivity index (χ1v) is 6.90. The molecule has 3 N–H and O–H groups in total. The molecule has 0 aromatic rings. The van der Waals surface area contributed by atoms with Gasteiger partial charge in [-0.15, -0.1) is 0 Å². The Morgan fingerprint density at radius 1 is 1.31 bits per heavy atom. The largest absolute Gasteiger partial charge is 0.381 e. The highest BCUT2D eigenvalue weighted by Gasteiger charge is 2.19. The van der Waals surface area contributed by atoms with E-state index in [9.17, 15) is 0 Å². The molecule has 0 aromatic heterocycles. The van der Waals surface area contributed by atoms with Crippen LogP contribution in [0.25, 0.3) is 0 Å². The van der Waals surface area contributed by atoms with E-state index in [0.29, 0.717) is 6.04 Å². The number of rotatable bonds is 9. The lowest BCUT2D eigenvalue weighted by Gasteiger charge is -2.18. The van der Waals surface area contributed by atoms with E-state index in [1.54, 1.807) is 0 Å². The second-order valence-corrected chi connectivity index (χ2v) is 5.03. The lowest BCUT2D eigenvalue weighted by Crippen LogP contribution is -2.36. The number of nitrogens with two attached hydrogens (primary N) is 1. The Labute approximate surface area is 100 Å². The predicted octanol–water partition coefficient (Wildman–Crippen LogP) is 2.61. The van der Waals surface area contributed by atoms with E-state index in [4.69, 9.17) is 10.6 Å². The topological polar surface area (TPSA) is 47.3 Å². The molecule has 1 fully saturated rings. The molecule has 0 saturated carbocycles. The molecule has 0 aliphatic carbocycles. The minimum Gasteiger partial charge on any atom is -0.381 e. The van der Waals surface area contributed by atoms with Crippen molar-refractivity contribution < 1.29 is 4.74 Å². The first kappa shape index (κ1) is 13.9. The van der Waals surface area contributed by atoms with Gasteiger partial charge in [0.15, 0.2) is 0 Å². The average Bonchev–Trinajstić information content (AvgIpc) is 2.80. The van der Waals surface area contributed by atoms with Gasteiger partial charge >= 0.3 is 0 Å². The van der Waals surface area contributed by atoms with Crippen molar-refractivity contribution >= 4 is 0 Å². The zero-order chi connectivity index (χ0) is 11.6. The fourth-order valence-electron chi connectivity index (χ4n) is 2.44. The molecule has 0 amide bonds. The van der Waals surface area contributed by atoms with E-state index in [1.807, 2.05) is 0 Å². The van der Waals surface area contributed by atoms with Crippen molar-refractivity contribution in [1.29, 1.82) is 0 Å². The second-order valence-electron chi connectivity index (χ2n) is 5.03. The van der Waals surface area contributed by atoms with Gasteiger partial charge in [0.05, 0.1) is 0 Å². The molecule has 0 spiro atoms. The van der Waals surface area contributed by atoms with Crippen LogP contribution in [0.15, 0.2) is 0 Å². The van der Waals surface area contributed by atoms with E-state index in [2.05, 4.69) is 12.3 Å². The van der Waals surface area contributed by atoms with E-state index in [1.165, 1.54) is 51.4 Å². The van der Waals surface area contributed by atoms with E-state index >= 15 is 0 Å². The van der Waals surface area contributed by atoms with Crippen molar-refractivity contribution in [2.24, 2.45) is 11.8 Å². The van der Waals surface area contributed by atoms with Crippen molar-refractivity contribution in [2.45, 2.75) is 64.3 Å². The molecular weight excluding hydrogens is 200 g/mol. The van der Waals surface area contributed by atoms with Crippen LogP contribution in [0.3, 0.4) is 0 Å². The van der Waals surface area contributed by atoms with Gasteiger partial charge in [0, 0.05) is 19.3 Å². The highest BCUT2D eigenvalue weighted by atomic mass is 16.5. The van der Waals surface area contributed by atoms with Gasteiger partial charge in [-0.25, -0.2) is 0 Å². The van der Waals surface area contributed by atoms with Crippen LogP contribution < -0.4 is 11.3 Å². The molecule has 0 aromatic carbocycles. The molecule has 1 heterocycles. The molecule has 1 aliphatic heterocycles. The molecule has 0 radical (unpaired) electrons. The summed E-state index contributed by atoms with van der Waals surface area (Å²) in [5, 5.41) is 0. The predicted molar refractivity (Wildman–Crippen MR) is 68.0 cm³/mol. The van der Waals surface area contributed by atoms with E-state index in [-0.39, 0.29) is 0 Å². The Kier molecular flexibility index (Phi) is 7.81. The van der Waals surface area contributed by atoms with Gasteiger partial charge in [-0.2, -0.15) is 0 Å². The summed E-state index contributed by atoms with van der Waals surface area (Å²) in [7, 11) is 0. The normalized spacial score (nSPS) is 22.5. The fraction of sp³-hybridized carbons (Fsp3) is 1.00. The van der Waals surface area contributed by atoms with Gasteiger partial charge in [0.25, 0.3) is 0 Å². The van der Waals surface area contributed by atoms with Gasteiger partial charge in [-0.1, -0.05) is 39.0 Å². The average molecular weight is 228 g/mol. The van der Waals surface area contributed by atoms with Gasteiger partial charge in [-0.05, 0) is 25.2 Å². The summed E-state index contributed by atoms with van der Waals surface area (Å²) in [4.78, 5) is 0. The molecule has 3 heteroatoms. The smallest absolute Gasteiger partial charge is 0.0495 e. The number of nitrogens with one attached hydrogen (secondary N) is 1. The van der Waals surface area contributed by atoms with Gasteiger partial charge < -0.3 is 4.74 Å². The summed E-state index contributed by atoms with van der Waals surface area (Å²) >= 11 is 0. The first-order chi connectivity index (χ1) is 7.86. The summed E-state index contributed by atoms with van der Waals surface area (Å²) < 4.78 is 5.39. The summed E-state index contributed by atoms with van der Waals surface area (Å²) in [5.74, 6) is 6.33. The van der Waals surface area contributed by atoms with Crippen molar-refractivity contribution in [3.8, 4) is 0 Å². The van der Waals surface area contributed by atoms with Crippen molar-refractivity contribution in [1.82, 2.24) is 5.43 Å². The molecule has 2 unspecified atom stereocenters. The van der Waals surface area contributed by atoms with Gasteiger partial charge in [0.2, 0.25) is 0 Å². The van der Waals surface area contributed by atoms with Crippen molar-refractivity contribution in [3.05, 3.63) is 0 Å². The van der Waals surface area contributed by atoms with Crippen LogP contribution in [0.4, 0.5) is 0 Å². The molecule has 1 rings (SSSR count). The van der Waals surface area contributed by atoms with Gasteiger partial charge in [-0.3, -0.25) is 11.3 Å². The lowest BCUT2D eigenvalue weighted by atomic mass is 9.95.